The number of nitro groups is 1. The van der Waals surface area contributed by atoms with Crippen LogP contribution in [0.5, 0.6) is 5.75 Å². The average Bonchev–Trinajstić information content (AvgIpc) is 2.28. The van der Waals surface area contributed by atoms with Crippen molar-refractivity contribution in [3.63, 3.8) is 0 Å². The molecule has 2 N–H and O–H groups in total. The molecule has 0 saturated carbocycles. The number of nitrogens with zero attached hydrogens (tertiary/aromatic N) is 1. The lowest BCUT2D eigenvalue weighted by Gasteiger charge is -2.04. The largest absolute Gasteiger partial charge is 0.501 e. The summed E-state index contributed by atoms with van der Waals surface area (Å²) in [6.07, 6.45) is 0. The molecule has 0 radical (unpaired) electrons. The van der Waals surface area contributed by atoms with E-state index in [0.29, 0.717) is 6.07 Å². The highest BCUT2D eigenvalue weighted by Crippen LogP contribution is 2.34. The fourth-order valence-corrected chi connectivity index (χ4v) is 1.63. The van der Waals surface area contributed by atoms with Gasteiger partial charge in [0.25, 0.3) is 0 Å². The smallest absolute Gasteiger partial charge is 0.375 e. The molecule has 94 valence electrons. The molecule has 2 rings (SSSR count). The zero-order valence-corrected chi connectivity index (χ0v) is 9.09. The lowest BCUT2D eigenvalue weighted by molar-refractivity contribution is -0.387. The van der Waals surface area contributed by atoms with Crippen LogP contribution in [0.25, 0.3) is 10.9 Å². The number of fused-ring (bicyclic) bond motifs is 1. The maximum Gasteiger partial charge on any atom is 0.375 e. The van der Waals surface area contributed by atoms with Crippen LogP contribution in [-0.2, 0) is 0 Å². The number of rotatable bonds is 1. The Balaban J connectivity index is 3.06. The summed E-state index contributed by atoms with van der Waals surface area (Å²) in [6.45, 7) is 0. The van der Waals surface area contributed by atoms with Gasteiger partial charge in [-0.05, 0) is 6.07 Å². The van der Waals surface area contributed by atoms with Gasteiger partial charge in [0.05, 0.1) is 15.8 Å². The number of aromatic hydroxyl groups is 1. The number of aromatic nitrogens is 1. The third-order valence-electron chi connectivity index (χ3n) is 2.28. The Morgan fingerprint density at radius 2 is 2.06 bits per heavy atom. The fourth-order valence-electron chi connectivity index (χ4n) is 1.48. The van der Waals surface area contributed by atoms with Gasteiger partial charge in [-0.2, -0.15) is 0 Å². The number of halogens is 3. The zero-order chi connectivity index (χ0) is 13.6. The van der Waals surface area contributed by atoms with Gasteiger partial charge in [0.2, 0.25) is 5.75 Å². The van der Waals surface area contributed by atoms with Gasteiger partial charge in [0, 0.05) is 0 Å². The monoisotopic (exact) mass is 276 g/mol. The maximum atomic E-state index is 13.5. The van der Waals surface area contributed by atoms with Crippen LogP contribution in [0.15, 0.2) is 10.9 Å². The Bertz CT molecular complexity index is 744. The normalized spacial score (nSPS) is 10.8. The molecule has 0 amide bonds. The van der Waals surface area contributed by atoms with E-state index >= 15 is 0 Å². The van der Waals surface area contributed by atoms with Crippen molar-refractivity contribution in [1.29, 1.82) is 0 Å². The zero-order valence-electron chi connectivity index (χ0n) is 8.33. The highest BCUT2D eigenvalue weighted by molar-refractivity contribution is 6.31. The van der Waals surface area contributed by atoms with Crippen molar-refractivity contribution in [1.82, 2.24) is 4.98 Å². The number of hydrogen-bond donors (Lipinski definition) is 2. The topological polar surface area (TPSA) is 96.2 Å². The molecule has 1 aromatic heterocycles. The maximum absolute atomic E-state index is 13.5. The second-order valence-electron chi connectivity index (χ2n) is 3.32. The van der Waals surface area contributed by atoms with E-state index in [1.807, 2.05) is 4.98 Å². The molecule has 0 atom stereocenters. The first-order valence-electron chi connectivity index (χ1n) is 4.41. The summed E-state index contributed by atoms with van der Waals surface area (Å²) in [4.78, 5) is 22.5. The molecular weight excluding hydrogens is 274 g/mol. The summed E-state index contributed by atoms with van der Waals surface area (Å²) in [5.41, 5.74) is -3.11. The Morgan fingerprint density at radius 1 is 1.44 bits per heavy atom. The van der Waals surface area contributed by atoms with Gasteiger partial charge in [-0.1, -0.05) is 11.6 Å². The first kappa shape index (κ1) is 12.2. The molecule has 0 bridgehead atoms. The van der Waals surface area contributed by atoms with Crippen molar-refractivity contribution in [3.05, 3.63) is 43.2 Å². The summed E-state index contributed by atoms with van der Waals surface area (Å²) >= 11 is 5.28. The molecule has 6 nitrogen and oxygen atoms in total. The Morgan fingerprint density at radius 3 is 2.61 bits per heavy atom. The summed E-state index contributed by atoms with van der Waals surface area (Å²) in [7, 11) is 0. The first-order valence-corrected chi connectivity index (χ1v) is 4.79. The predicted octanol–water partition coefficient (Wildman–Crippen LogP) is 2.07. The van der Waals surface area contributed by atoms with Crippen molar-refractivity contribution in [2.45, 2.75) is 0 Å². The minimum absolute atomic E-state index is 0.541. The van der Waals surface area contributed by atoms with Crippen molar-refractivity contribution < 1.29 is 18.8 Å². The van der Waals surface area contributed by atoms with Crippen LogP contribution in [0.3, 0.4) is 0 Å². The number of H-pyrrole nitrogens is 1. The van der Waals surface area contributed by atoms with E-state index in [2.05, 4.69) is 0 Å². The number of pyridine rings is 1. The molecule has 1 heterocycles. The summed E-state index contributed by atoms with van der Waals surface area (Å²) in [5, 5.41) is 18.6. The SMILES string of the molecule is O=c1[nH]c2c(F)c(Cl)c(F)cc2c(O)c1[N+](=O)[O-]. The lowest BCUT2D eigenvalue weighted by atomic mass is 10.1. The van der Waals surface area contributed by atoms with Gasteiger partial charge in [-0.15, -0.1) is 0 Å². The van der Waals surface area contributed by atoms with E-state index in [1.165, 1.54) is 0 Å². The van der Waals surface area contributed by atoms with Gasteiger partial charge in [-0.3, -0.25) is 14.9 Å². The molecule has 0 aliphatic carbocycles. The number of aromatic amines is 1. The molecule has 18 heavy (non-hydrogen) atoms. The number of benzene rings is 1. The van der Waals surface area contributed by atoms with Crippen LogP contribution in [0.4, 0.5) is 14.5 Å². The third kappa shape index (κ3) is 1.58. The second-order valence-corrected chi connectivity index (χ2v) is 3.70. The highest BCUT2D eigenvalue weighted by Gasteiger charge is 2.25. The van der Waals surface area contributed by atoms with Crippen LogP contribution >= 0.6 is 11.6 Å². The van der Waals surface area contributed by atoms with Crippen molar-refractivity contribution in [2.75, 3.05) is 0 Å². The van der Waals surface area contributed by atoms with E-state index in [0.717, 1.165) is 0 Å². The fraction of sp³-hybridized carbons (Fsp3) is 0. The van der Waals surface area contributed by atoms with E-state index in [1.54, 1.807) is 0 Å². The van der Waals surface area contributed by atoms with Gasteiger partial charge < -0.3 is 10.1 Å². The molecule has 0 aliphatic heterocycles. The minimum atomic E-state index is -1.31. The Labute approximate surface area is 102 Å². The standard InChI is InChI=1S/C9H3ClF2N2O4/c10-4-3(11)1-2-6(5(4)12)13-9(16)7(8(2)15)14(17)18/h1H,(H2,13,15,16). The van der Waals surface area contributed by atoms with Crippen LogP contribution < -0.4 is 5.56 Å². The van der Waals surface area contributed by atoms with Crippen LogP contribution in [-0.4, -0.2) is 15.0 Å². The van der Waals surface area contributed by atoms with E-state index in [4.69, 9.17) is 11.6 Å². The average molecular weight is 277 g/mol. The van der Waals surface area contributed by atoms with Gasteiger partial charge in [-0.25, -0.2) is 8.78 Å². The van der Waals surface area contributed by atoms with E-state index in [-0.39, 0.29) is 0 Å². The van der Waals surface area contributed by atoms with Crippen LogP contribution in [0.2, 0.25) is 5.02 Å². The third-order valence-corrected chi connectivity index (χ3v) is 2.62. The minimum Gasteiger partial charge on any atom is -0.501 e. The number of nitrogens with one attached hydrogen (secondary N) is 1. The van der Waals surface area contributed by atoms with E-state index in [9.17, 15) is 28.8 Å². The van der Waals surface area contributed by atoms with Crippen molar-refractivity contribution >= 4 is 28.2 Å². The van der Waals surface area contributed by atoms with Crippen LogP contribution in [0, 0.1) is 21.7 Å². The summed E-state index contributed by atoms with van der Waals surface area (Å²) < 4.78 is 26.7. The first-order chi connectivity index (χ1) is 8.34. The quantitative estimate of drug-likeness (QED) is 0.473. The predicted molar refractivity (Wildman–Crippen MR) is 57.8 cm³/mol. The Kier molecular flexibility index (Phi) is 2.66. The second kappa shape index (κ2) is 3.91. The Hall–Kier alpha value is -2.22. The van der Waals surface area contributed by atoms with Gasteiger partial charge >= 0.3 is 11.2 Å². The molecular formula is C9H3ClF2N2O4. The van der Waals surface area contributed by atoms with Crippen molar-refractivity contribution in [3.8, 4) is 5.75 Å². The molecule has 0 spiro atoms. The number of hydrogen-bond acceptors (Lipinski definition) is 4. The van der Waals surface area contributed by atoms with E-state index < -0.39 is 49.5 Å². The summed E-state index contributed by atoms with van der Waals surface area (Å²) in [6, 6.07) is 0.596. The molecule has 1 aromatic carbocycles. The molecule has 2 aromatic rings. The van der Waals surface area contributed by atoms with Crippen molar-refractivity contribution in [2.24, 2.45) is 0 Å². The molecule has 0 fully saturated rings. The summed E-state index contributed by atoms with van der Waals surface area (Å²) in [5.74, 6) is -3.64. The van der Waals surface area contributed by atoms with Gasteiger partial charge in [0.1, 0.15) is 10.8 Å². The lowest BCUT2D eigenvalue weighted by Crippen LogP contribution is -2.12. The molecule has 0 unspecified atom stereocenters. The molecule has 9 heteroatoms. The molecule has 0 aliphatic rings. The van der Waals surface area contributed by atoms with Gasteiger partial charge in [0.15, 0.2) is 5.82 Å². The highest BCUT2D eigenvalue weighted by atomic mass is 35.5. The molecule has 0 saturated heterocycles. The van der Waals surface area contributed by atoms with Crippen LogP contribution in [0.1, 0.15) is 0 Å².